The highest BCUT2D eigenvalue weighted by Gasteiger charge is 2.63. The number of rotatable bonds is 4. The lowest BCUT2D eigenvalue weighted by Crippen LogP contribution is -2.68. The van der Waals surface area contributed by atoms with E-state index in [1.807, 2.05) is 13.8 Å². The molecule has 0 radical (unpaired) electrons. The smallest absolute Gasteiger partial charge is 0.249 e. The van der Waals surface area contributed by atoms with Gasteiger partial charge in [-0.3, -0.25) is 14.3 Å². The zero-order valence-corrected chi connectivity index (χ0v) is 13.9. The van der Waals surface area contributed by atoms with E-state index in [9.17, 15) is 9.59 Å². The summed E-state index contributed by atoms with van der Waals surface area (Å²) in [5, 5.41) is 20.6. The molecule has 2 aromatic heterocycles. The third-order valence-electron chi connectivity index (χ3n) is 4.24. The second-order valence-corrected chi connectivity index (χ2v) is 8.07. The van der Waals surface area contributed by atoms with Gasteiger partial charge in [0.15, 0.2) is 5.82 Å². The van der Waals surface area contributed by atoms with Crippen LogP contribution in [0, 0.1) is 0 Å². The molecule has 2 amide bonds. The molecule has 10 nitrogen and oxygen atoms in total. The van der Waals surface area contributed by atoms with Gasteiger partial charge in [-0.15, -0.1) is 16.9 Å². The number of hydrogen-bond acceptors (Lipinski definition) is 7. The molecule has 4 heterocycles. The summed E-state index contributed by atoms with van der Waals surface area (Å²) >= 11 is 1.64. The van der Waals surface area contributed by atoms with E-state index >= 15 is 0 Å². The lowest BCUT2D eigenvalue weighted by molar-refractivity contribution is -0.151. The Bertz CT molecular complexity index is 759. The van der Waals surface area contributed by atoms with Gasteiger partial charge in [0.2, 0.25) is 11.8 Å². The van der Waals surface area contributed by atoms with Crippen LogP contribution < -0.4 is 5.32 Å². The molecule has 3 atom stereocenters. The number of carbonyl (C=O) groups is 2. The number of amides is 2. The predicted octanol–water partition coefficient (Wildman–Crippen LogP) is -0.684. The Balaban J connectivity index is 1.48. The van der Waals surface area contributed by atoms with Gasteiger partial charge in [-0.1, -0.05) is 0 Å². The number of tetrazole rings is 1. The summed E-state index contributed by atoms with van der Waals surface area (Å²) in [7, 11) is 0. The summed E-state index contributed by atoms with van der Waals surface area (Å²) in [6.07, 6.45) is 3.31. The molecule has 2 saturated heterocycles. The van der Waals surface area contributed by atoms with E-state index in [-0.39, 0.29) is 34.5 Å². The van der Waals surface area contributed by atoms with Crippen molar-refractivity contribution in [1.29, 1.82) is 0 Å². The van der Waals surface area contributed by atoms with Gasteiger partial charge in [0.05, 0.1) is 0 Å². The van der Waals surface area contributed by atoms with Crippen LogP contribution in [0.4, 0.5) is 0 Å². The van der Waals surface area contributed by atoms with Crippen LogP contribution in [0.3, 0.4) is 0 Å². The molecule has 2 fully saturated rings. The number of β-lactam (4-membered cyclic amide) rings is 1. The maximum Gasteiger partial charge on any atom is 0.249 e. The van der Waals surface area contributed by atoms with Crippen molar-refractivity contribution in [2.75, 3.05) is 0 Å². The Labute approximate surface area is 141 Å². The average Bonchev–Trinajstić information content (AvgIpc) is 3.24. The van der Waals surface area contributed by atoms with E-state index in [0.717, 1.165) is 0 Å². The quantitative estimate of drug-likeness (QED) is 0.702. The van der Waals surface area contributed by atoms with Crippen LogP contribution in [0.2, 0.25) is 0 Å². The second-order valence-electron chi connectivity index (χ2n) is 6.30. The van der Waals surface area contributed by atoms with Crippen molar-refractivity contribution in [3.8, 4) is 0 Å². The number of nitrogens with zero attached hydrogens (tertiary/aromatic N) is 6. The van der Waals surface area contributed by atoms with Crippen LogP contribution in [0.1, 0.15) is 25.7 Å². The first-order chi connectivity index (χ1) is 11.5. The molecule has 2 aromatic rings. The van der Waals surface area contributed by atoms with Gasteiger partial charge < -0.3 is 10.2 Å². The fraction of sp³-hybridized carbons (Fsp3) is 0.538. The molecule has 0 aliphatic carbocycles. The first-order valence-electron chi connectivity index (χ1n) is 7.48. The highest BCUT2D eigenvalue weighted by molar-refractivity contribution is 8.01. The Morgan fingerprint density at radius 3 is 3.00 bits per heavy atom. The Morgan fingerprint density at radius 2 is 2.33 bits per heavy atom. The summed E-state index contributed by atoms with van der Waals surface area (Å²) in [4.78, 5) is 26.4. The van der Waals surface area contributed by atoms with Gasteiger partial charge >= 0.3 is 0 Å². The third-order valence-corrected chi connectivity index (χ3v) is 5.81. The number of nitrogens with one attached hydrogen (secondary N) is 2. The third kappa shape index (κ3) is 2.27. The molecule has 0 aromatic carbocycles. The first-order valence-corrected chi connectivity index (χ1v) is 8.36. The molecular weight excluding hydrogens is 332 g/mol. The number of thioether (sulfide) groups is 1. The van der Waals surface area contributed by atoms with Crippen molar-refractivity contribution in [1.82, 2.24) is 40.6 Å². The molecule has 0 saturated carbocycles. The summed E-state index contributed by atoms with van der Waals surface area (Å²) in [5.41, 5.74) is 0. The van der Waals surface area contributed by atoms with Gasteiger partial charge in [0.25, 0.3) is 0 Å². The molecule has 2 aliphatic heterocycles. The fourth-order valence-electron chi connectivity index (χ4n) is 3.23. The zero-order chi connectivity index (χ0) is 16.9. The van der Waals surface area contributed by atoms with Gasteiger partial charge in [0, 0.05) is 17.1 Å². The fourth-order valence-corrected chi connectivity index (χ4v) is 4.87. The number of hydrogen-bond donors (Lipinski definition) is 2. The zero-order valence-electron chi connectivity index (χ0n) is 13.1. The van der Waals surface area contributed by atoms with Crippen LogP contribution in [0.15, 0.2) is 18.5 Å². The van der Waals surface area contributed by atoms with Crippen molar-refractivity contribution in [3.63, 3.8) is 0 Å². The van der Waals surface area contributed by atoms with Crippen LogP contribution in [-0.2, 0) is 16.1 Å². The maximum absolute atomic E-state index is 12.6. The summed E-state index contributed by atoms with van der Waals surface area (Å²) in [6.45, 7) is 4.17. The second kappa shape index (κ2) is 5.30. The SMILES string of the molecule is CC1(C)SC2C(NC(=O)Cn3cccn3)C(=O)N2C1c1nnn[nH]1. The van der Waals surface area contributed by atoms with E-state index in [4.69, 9.17) is 0 Å². The van der Waals surface area contributed by atoms with Gasteiger partial charge in [0.1, 0.15) is 24.0 Å². The minimum Gasteiger partial charge on any atom is -0.340 e. The summed E-state index contributed by atoms with van der Waals surface area (Å²) < 4.78 is 1.26. The molecule has 126 valence electrons. The lowest BCUT2D eigenvalue weighted by atomic mass is 9.95. The molecule has 3 unspecified atom stereocenters. The van der Waals surface area contributed by atoms with Crippen LogP contribution in [-0.4, -0.2) is 63.3 Å². The van der Waals surface area contributed by atoms with Crippen LogP contribution in [0.25, 0.3) is 0 Å². The highest BCUT2D eigenvalue weighted by atomic mass is 32.2. The van der Waals surface area contributed by atoms with Crippen LogP contribution >= 0.6 is 11.8 Å². The van der Waals surface area contributed by atoms with Crippen molar-refractivity contribution in [2.45, 2.75) is 42.6 Å². The lowest BCUT2D eigenvalue weighted by Gasteiger charge is -2.44. The average molecular weight is 348 g/mol. The first kappa shape index (κ1) is 15.1. The minimum absolute atomic E-state index is 0.0903. The standard InChI is InChI=1S/C13H16N8O2S/c1-13(2)9(10-16-18-19-17-10)21-11(23)8(12(21)24-13)15-7(22)6-20-5-3-4-14-20/h3-5,8-9,12H,6H2,1-2H3,(H,15,22)(H,16,17,18,19). The van der Waals surface area contributed by atoms with Crippen molar-refractivity contribution < 1.29 is 9.59 Å². The van der Waals surface area contributed by atoms with Crippen molar-refractivity contribution in [2.24, 2.45) is 0 Å². The number of H-pyrrole nitrogens is 1. The topological polar surface area (TPSA) is 122 Å². The molecule has 0 spiro atoms. The molecule has 11 heteroatoms. The molecular formula is C13H16N8O2S. The Kier molecular flexibility index (Phi) is 3.34. The Hall–Kier alpha value is -2.43. The van der Waals surface area contributed by atoms with Crippen molar-refractivity contribution >= 4 is 23.6 Å². The maximum atomic E-state index is 12.6. The molecule has 2 N–H and O–H groups in total. The van der Waals surface area contributed by atoms with E-state index in [1.54, 1.807) is 35.1 Å². The highest BCUT2D eigenvalue weighted by Crippen LogP contribution is 2.56. The van der Waals surface area contributed by atoms with E-state index in [2.05, 4.69) is 31.0 Å². The summed E-state index contributed by atoms with van der Waals surface area (Å²) in [6, 6.07) is 0.974. The number of fused-ring (bicyclic) bond motifs is 1. The predicted molar refractivity (Wildman–Crippen MR) is 83.4 cm³/mol. The largest absolute Gasteiger partial charge is 0.340 e. The summed E-state index contributed by atoms with van der Waals surface area (Å²) in [5.74, 6) is 0.206. The molecule has 24 heavy (non-hydrogen) atoms. The number of aromatic amines is 1. The molecule has 2 aliphatic rings. The van der Waals surface area contributed by atoms with E-state index < -0.39 is 6.04 Å². The van der Waals surface area contributed by atoms with Crippen LogP contribution in [0.5, 0.6) is 0 Å². The van der Waals surface area contributed by atoms with Gasteiger partial charge in [-0.05, 0) is 30.3 Å². The van der Waals surface area contributed by atoms with Gasteiger partial charge in [-0.25, -0.2) is 5.10 Å². The number of carbonyl (C=O) groups excluding carboxylic acids is 2. The molecule has 0 bridgehead atoms. The normalized spacial score (nSPS) is 27.7. The van der Waals surface area contributed by atoms with E-state index in [1.165, 1.54) is 4.68 Å². The van der Waals surface area contributed by atoms with E-state index in [0.29, 0.717) is 5.82 Å². The van der Waals surface area contributed by atoms with Gasteiger partial charge in [-0.2, -0.15) is 5.10 Å². The molecule has 4 rings (SSSR count). The Morgan fingerprint density at radius 1 is 1.50 bits per heavy atom. The minimum atomic E-state index is -0.529. The number of aromatic nitrogens is 6. The monoisotopic (exact) mass is 348 g/mol. The van der Waals surface area contributed by atoms with Crippen molar-refractivity contribution in [3.05, 3.63) is 24.3 Å².